The van der Waals surface area contributed by atoms with Crippen LogP contribution in [0, 0.1) is 5.92 Å². The van der Waals surface area contributed by atoms with E-state index in [1.807, 2.05) is 0 Å². The van der Waals surface area contributed by atoms with Gasteiger partial charge in [0.1, 0.15) is 0 Å². The summed E-state index contributed by atoms with van der Waals surface area (Å²) in [6, 6.07) is 0. The minimum Gasteiger partial charge on any atom is -0.481 e. The van der Waals surface area contributed by atoms with Crippen LogP contribution in [0.1, 0.15) is 187 Å². The van der Waals surface area contributed by atoms with Crippen LogP contribution in [0.2, 0.25) is 0 Å². The van der Waals surface area contributed by atoms with Crippen molar-refractivity contribution >= 4 is 23.7 Å². The summed E-state index contributed by atoms with van der Waals surface area (Å²) >= 11 is 1.59. The van der Waals surface area contributed by atoms with Crippen molar-refractivity contribution in [2.45, 2.75) is 192 Å². The Morgan fingerprint density at radius 2 is 0.846 bits per heavy atom. The molecule has 0 aliphatic heterocycles. The number of carboxylic acids is 2. The number of thioether (sulfide) groups is 1. The first-order valence-corrected chi connectivity index (χ1v) is 18.1. The van der Waals surface area contributed by atoms with Crippen molar-refractivity contribution in [1.29, 1.82) is 0 Å². The topological polar surface area (TPSA) is 74.6 Å². The summed E-state index contributed by atoms with van der Waals surface area (Å²) in [6.07, 6.45) is 32.7. The van der Waals surface area contributed by atoms with Crippen molar-refractivity contribution in [2.24, 2.45) is 5.92 Å². The summed E-state index contributed by atoms with van der Waals surface area (Å²) in [5.41, 5.74) is 0. The first-order valence-electron chi connectivity index (χ1n) is 17.1. The average Bonchev–Trinajstić information content (AvgIpc) is 2.90. The van der Waals surface area contributed by atoms with E-state index in [0.29, 0.717) is 5.75 Å². The average molecular weight is 571 g/mol. The fourth-order valence-corrected chi connectivity index (χ4v) is 6.82. The van der Waals surface area contributed by atoms with Crippen LogP contribution in [0.4, 0.5) is 0 Å². The molecular weight excluding hydrogens is 504 g/mol. The molecular formula is C34H66O4S. The molecule has 0 spiro atoms. The second-order valence-corrected chi connectivity index (χ2v) is 13.3. The van der Waals surface area contributed by atoms with Crippen molar-refractivity contribution in [3.8, 4) is 0 Å². The Hall–Kier alpha value is -0.710. The van der Waals surface area contributed by atoms with E-state index in [1.165, 1.54) is 128 Å². The molecule has 0 aliphatic rings. The Morgan fingerprint density at radius 3 is 1.18 bits per heavy atom. The van der Waals surface area contributed by atoms with Crippen LogP contribution in [0.25, 0.3) is 0 Å². The summed E-state index contributed by atoms with van der Waals surface area (Å²) in [4.78, 5) is 23.2. The number of rotatable bonds is 32. The third-order valence-corrected chi connectivity index (χ3v) is 9.54. The zero-order valence-corrected chi connectivity index (χ0v) is 26.9. The third kappa shape index (κ3) is 28.6. The highest BCUT2D eigenvalue weighted by Crippen LogP contribution is 2.26. The van der Waals surface area contributed by atoms with Crippen LogP contribution in [0.3, 0.4) is 0 Å². The zero-order chi connectivity index (χ0) is 28.8. The van der Waals surface area contributed by atoms with Gasteiger partial charge in [-0.25, -0.2) is 0 Å². The molecule has 39 heavy (non-hydrogen) atoms. The van der Waals surface area contributed by atoms with Gasteiger partial charge in [-0.05, 0) is 12.8 Å². The first kappa shape index (κ1) is 38.3. The molecule has 0 fully saturated rings. The smallest absolute Gasteiger partial charge is 0.307 e. The molecule has 232 valence electrons. The van der Waals surface area contributed by atoms with Gasteiger partial charge in [0, 0.05) is 11.0 Å². The van der Waals surface area contributed by atoms with Gasteiger partial charge in [-0.2, -0.15) is 11.8 Å². The number of carbonyl (C=O) groups is 2. The van der Waals surface area contributed by atoms with E-state index in [9.17, 15) is 19.8 Å². The van der Waals surface area contributed by atoms with E-state index in [-0.39, 0.29) is 17.6 Å². The lowest BCUT2D eigenvalue weighted by Crippen LogP contribution is -2.19. The number of hydrogen-bond acceptors (Lipinski definition) is 3. The predicted octanol–water partition coefficient (Wildman–Crippen LogP) is 11.4. The van der Waals surface area contributed by atoms with Crippen molar-refractivity contribution in [3.05, 3.63) is 0 Å². The minimum absolute atomic E-state index is 0.0365. The van der Waals surface area contributed by atoms with Crippen LogP contribution in [-0.2, 0) is 9.59 Å². The summed E-state index contributed by atoms with van der Waals surface area (Å²) in [5.74, 6) is -1.29. The molecule has 2 atom stereocenters. The monoisotopic (exact) mass is 570 g/mol. The quantitative estimate of drug-likeness (QED) is 0.0787. The fraction of sp³-hybridized carbons (Fsp3) is 0.941. The van der Waals surface area contributed by atoms with Crippen LogP contribution in [0.5, 0.6) is 0 Å². The molecule has 0 saturated carbocycles. The molecule has 5 heteroatoms. The summed E-state index contributed by atoms with van der Waals surface area (Å²) in [7, 11) is 0. The maximum Gasteiger partial charge on any atom is 0.307 e. The molecule has 0 rings (SSSR count). The lowest BCUT2D eigenvalue weighted by Gasteiger charge is -2.18. The van der Waals surface area contributed by atoms with Crippen molar-refractivity contribution in [3.63, 3.8) is 0 Å². The molecule has 4 nitrogen and oxygen atoms in total. The Kier molecular flexibility index (Phi) is 29.7. The van der Waals surface area contributed by atoms with Gasteiger partial charge < -0.3 is 10.2 Å². The van der Waals surface area contributed by atoms with Crippen LogP contribution in [0.15, 0.2) is 0 Å². The molecule has 0 aromatic rings. The minimum atomic E-state index is -0.765. The van der Waals surface area contributed by atoms with Crippen molar-refractivity contribution < 1.29 is 19.8 Å². The second-order valence-electron chi connectivity index (χ2n) is 11.9. The highest BCUT2D eigenvalue weighted by molar-refractivity contribution is 7.99. The van der Waals surface area contributed by atoms with E-state index in [0.717, 1.165) is 38.5 Å². The maximum atomic E-state index is 11.8. The fourth-order valence-electron chi connectivity index (χ4n) is 5.41. The zero-order valence-electron chi connectivity index (χ0n) is 26.1. The largest absolute Gasteiger partial charge is 0.481 e. The Balaban J connectivity index is 3.92. The van der Waals surface area contributed by atoms with Crippen LogP contribution >= 0.6 is 11.8 Å². The van der Waals surface area contributed by atoms with Gasteiger partial charge in [0.15, 0.2) is 0 Å². The molecule has 0 radical (unpaired) electrons. The molecule has 2 N–H and O–H groups in total. The number of hydrogen-bond donors (Lipinski definition) is 2. The van der Waals surface area contributed by atoms with Crippen LogP contribution < -0.4 is 0 Å². The number of carboxylic acid groups (broad SMARTS) is 2. The van der Waals surface area contributed by atoms with Gasteiger partial charge in [-0.3, -0.25) is 9.59 Å². The maximum absolute atomic E-state index is 11.8. The molecule has 0 amide bonds. The van der Waals surface area contributed by atoms with Crippen molar-refractivity contribution in [2.75, 3.05) is 5.75 Å². The van der Waals surface area contributed by atoms with Crippen molar-refractivity contribution in [1.82, 2.24) is 0 Å². The normalized spacial score (nSPS) is 13.0. The first-order chi connectivity index (χ1) is 19.0. The molecule has 0 aromatic carbocycles. The van der Waals surface area contributed by atoms with E-state index in [2.05, 4.69) is 13.8 Å². The van der Waals surface area contributed by atoms with Gasteiger partial charge in [0.25, 0.3) is 0 Å². The molecule has 0 heterocycles. The Labute approximate surface area is 247 Å². The lowest BCUT2D eigenvalue weighted by molar-refractivity contribution is -0.141. The second kappa shape index (κ2) is 30.3. The summed E-state index contributed by atoms with van der Waals surface area (Å²) in [5, 5.41) is 19.1. The highest BCUT2D eigenvalue weighted by atomic mass is 32.2. The van der Waals surface area contributed by atoms with E-state index >= 15 is 0 Å². The van der Waals surface area contributed by atoms with Gasteiger partial charge >= 0.3 is 11.9 Å². The molecule has 0 aliphatic carbocycles. The predicted molar refractivity (Wildman–Crippen MR) is 171 cm³/mol. The van der Waals surface area contributed by atoms with Gasteiger partial charge in [0.05, 0.1) is 12.3 Å². The Bertz CT molecular complexity index is 539. The Morgan fingerprint density at radius 1 is 0.513 bits per heavy atom. The lowest BCUT2D eigenvalue weighted by atomic mass is 10.0. The van der Waals surface area contributed by atoms with E-state index in [1.54, 1.807) is 11.8 Å². The van der Waals surface area contributed by atoms with Crippen LogP contribution in [-0.4, -0.2) is 33.2 Å². The molecule has 0 aromatic heterocycles. The number of aliphatic carboxylic acids is 2. The molecule has 0 bridgehead atoms. The number of unbranched alkanes of at least 4 members (excludes halogenated alkanes) is 22. The SMILES string of the molecule is CCCCCCCCCCCCCCC(CC(=O)O)SCC(CCCCCCCCCCCCCC)C(=O)O. The molecule has 0 saturated heterocycles. The van der Waals surface area contributed by atoms with E-state index < -0.39 is 11.9 Å². The standard InChI is InChI=1S/C34H66O4S/c1-3-5-7-9-11-13-15-17-19-21-23-25-27-31(34(37)38)30-39-32(29-33(35)36)28-26-24-22-20-18-16-14-12-10-8-6-4-2/h31-32H,3-30H2,1-2H3,(H,35,36)(H,37,38). The van der Waals surface area contributed by atoms with Gasteiger partial charge in [-0.1, -0.05) is 168 Å². The summed E-state index contributed by atoms with van der Waals surface area (Å²) < 4.78 is 0. The third-order valence-electron chi connectivity index (χ3n) is 8.07. The van der Waals surface area contributed by atoms with Gasteiger partial charge in [-0.15, -0.1) is 0 Å². The van der Waals surface area contributed by atoms with Gasteiger partial charge in [0.2, 0.25) is 0 Å². The highest BCUT2D eigenvalue weighted by Gasteiger charge is 2.21. The summed E-state index contributed by atoms with van der Waals surface area (Å²) in [6.45, 7) is 4.52. The van der Waals surface area contributed by atoms with E-state index in [4.69, 9.17) is 0 Å². The molecule has 2 unspecified atom stereocenters.